The number of nitrogens with zero attached hydrogens (tertiary/aromatic N) is 4. The molecular formula is C31H24N4O. The topological polar surface area (TPSA) is 54.5 Å². The van der Waals surface area contributed by atoms with Crippen molar-refractivity contribution in [1.29, 1.82) is 0 Å². The van der Waals surface area contributed by atoms with Crippen LogP contribution in [-0.2, 0) is 0 Å². The van der Waals surface area contributed by atoms with E-state index in [1.54, 1.807) is 0 Å². The Morgan fingerprint density at radius 2 is 1.22 bits per heavy atom. The number of allylic oxidation sites excluding steroid dienone is 1. The van der Waals surface area contributed by atoms with Crippen LogP contribution in [0.5, 0.6) is 0 Å². The van der Waals surface area contributed by atoms with Gasteiger partial charge in [0.15, 0.2) is 0 Å². The molecule has 0 bridgehead atoms. The minimum Gasteiger partial charge on any atom is -0.416 e. The Bertz CT molecular complexity index is 1490. The zero-order chi connectivity index (χ0) is 24.2. The highest BCUT2D eigenvalue weighted by Crippen LogP contribution is 2.36. The van der Waals surface area contributed by atoms with Gasteiger partial charge in [0.05, 0.1) is 17.4 Å². The Labute approximate surface area is 210 Å². The van der Waals surface area contributed by atoms with E-state index in [0.29, 0.717) is 11.8 Å². The van der Waals surface area contributed by atoms with Gasteiger partial charge in [-0.25, -0.2) is 0 Å². The van der Waals surface area contributed by atoms with Gasteiger partial charge in [-0.05, 0) is 53.6 Å². The first-order chi connectivity index (χ1) is 17.8. The average molecular weight is 469 g/mol. The molecule has 0 amide bonds. The summed E-state index contributed by atoms with van der Waals surface area (Å²) in [4.78, 5) is 0. The molecule has 5 nitrogen and oxygen atoms in total. The fraction of sp³-hybridized carbons (Fsp3) is 0.0645. The van der Waals surface area contributed by atoms with Crippen LogP contribution < -0.4 is 5.01 Å². The minimum absolute atomic E-state index is 0.126. The maximum Gasteiger partial charge on any atom is 0.248 e. The van der Waals surface area contributed by atoms with E-state index in [-0.39, 0.29) is 6.04 Å². The highest BCUT2D eigenvalue weighted by atomic mass is 16.4. The van der Waals surface area contributed by atoms with Gasteiger partial charge in [0.1, 0.15) is 0 Å². The fourth-order valence-electron chi connectivity index (χ4n) is 4.36. The first kappa shape index (κ1) is 21.7. The van der Waals surface area contributed by atoms with Crippen LogP contribution in [0.3, 0.4) is 0 Å². The van der Waals surface area contributed by atoms with Crippen molar-refractivity contribution in [2.45, 2.75) is 12.5 Å². The first-order valence-corrected chi connectivity index (χ1v) is 12.0. The second kappa shape index (κ2) is 9.84. The Morgan fingerprint density at radius 1 is 0.639 bits per heavy atom. The van der Waals surface area contributed by atoms with Gasteiger partial charge in [-0.1, -0.05) is 84.9 Å². The SMILES string of the molecule is C(=Cc1ccccc1)C1=NN(c2ccc(-c3nnc(-c4ccccc4)o3)cc2)C(c2ccccc2)C1. The summed E-state index contributed by atoms with van der Waals surface area (Å²) in [6.45, 7) is 0. The van der Waals surface area contributed by atoms with E-state index in [1.807, 2.05) is 66.7 Å². The fourth-order valence-corrected chi connectivity index (χ4v) is 4.36. The summed E-state index contributed by atoms with van der Waals surface area (Å²) < 4.78 is 5.93. The molecule has 0 N–H and O–H groups in total. The molecule has 1 unspecified atom stereocenters. The van der Waals surface area contributed by atoms with Crippen molar-refractivity contribution < 1.29 is 4.42 Å². The van der Waals surface area contributed by atoms with Crippen molar-refractivity contribution in [3.05, 3.63) is 132 Å². The molecule has 5 aromatic rings. The van der Waals surface area contributed by atoms with Gasteiger partial charge in [0.2, 0.25) is 11.8 Å². The lowest BCUT2D eigenvalue weighted by molar-refractivity contribution is 0.584. The standard InChI is InChI=1S/C31H24N4O/c1-4-10-23(11-5-1)16-19-27-22-29(24-12-6-2-7-13-24)35(34-27)28-20-17-26(18-21-28)31-33-32-30(36-31)25-14-8-3-9-15-25/h1-21,29H,22H2. The summed E-state index contributed by atoms with van der Waals surface area (Å²) in [5.74, 6) is 1.01. The lowest BCUT2D eigenvalue weighted by atomic mass is 10.0. The van der Waals surface area contributed by atoms with E-state index in [4.69, 9.17) is 9.52 Å². The molecule has 0 radical (unpaired) electrons. The molecule has 0 saturated carbocycles. The van der Waals surface area contributed by atoms with Gasteiger partial charge in [-0.15, -0.1) is 10.2 Å². The number of rotatable bonds is 6. The maximum atomic E-state index is 5.93. The largest absolute Gasteiger partial charge is 0.416 e. The number of hydrazone groups is 1. The molecule has 1 aromatic heterocycles. The quantitative estimate of drug-likeness (QED) is 0.260. The highest BCUT2D eigenvalue weighted by Gasteiger charge is 2.28. The van der Waals surface area contributed by atoms with Crippen LogP contribution >= 0.6 is 0 Å². The molecule has 0 fully saturated rings. The maximum absolute atomic E-state index is 5.93. The van der Waals surface area contributed by atoms with Gasteiger partial charge in [-0.2, -0.15) is 5.10 Å². The van der Waals surface area contributed by atoms with E-state index in [2.05, 4.69) is 75.9 Å². The summed E-state index contributed by atoms with van der Waals surface area (Å²) in [5, 5.41) is 15.6. The van der Waals surface area contributed by atoms with Crippen LogP contribution in [0.4, 0.5) is 5.69 Å². The van der Waals surface area contributed by atoms with Crippen LogP contribution in [0.1, 0.15) is 23.6 Å². The normalized spacial score (nSPS) is 15.4. The number of hydrogen-bond acceptors (Lipinski definition) is 5. The van der Waals surface area contributed by atoms with Crippen molar-refractivity contribution in [1.82, 2.24) is 10.2 Å². The molecule has 174 valence electrons. The third-order valence-corrected chi connectivity index (χ3v) is 6.21. The molecule has 1 atom stereocenters. The Kier molecular flexibility index (Phi) is 5.94. The second-order valence-electron chi connectivity index (χ2n) is 8.64. The zero-order valence-electron chi connectivity index (χ0n) is 19.6. The van der Waals surface area contributed by atoms with Crippen molar-refractivity contribution in [2.75, 3.05) is 5.01 Å². The number of hydrogen-bond donors (Lipinski definition) is 0. The summed E-state index contributed by atoms with van der Waals surface area (Å²) in [7, 11) is 0. The first-order valence-electron chi connectivity index (χ1n) is 12.0. The van der Waals surface area contributed by atoms with Crippen molar-refractivity contribution in [3.8, 4) is 22.9 Å². The highest BCUT2D eigenvalue weighted by molar-refractivity contribution is 6.01. The summed E-state index contributed by atoms with van der Waals surface area (Å²) in [6, 6.07) is 38.9. The molecule has 2 heterocycles. The molecule has 0 spiro atoms. The molecule has 0 saturated heterocycles. The van der Waals surface area contributed by atoms with Crippen LogP contribution in [0.25, 0.3) is 29.0 Å². The van der Waals surface area contributed by atoms with E-state index < -0.39 is 0 Å². The molecule has 6 rings (SSSR count). The van der Waals surface area contributed by atoms with Crippen molar-refractivity contribution >= 4 is 17.5 Å². The Balaban J connectivity index is 1.28. The summed E-state index contributed by atoms with van der Waals surface area (Å²) in [6.07, 6.45) is 5.07. The predicted octanol–water partition coefficient (Wildman–Crippen LogP) is 7.42. The Hall–Kier alpha value is -4.77. The molecule has 1 aliphatic rings. The summed E-state index contributed by atoms with van der Waals surface area (Å²) in [5.41, 5.74) is 6.23. The van der Waals surface area contributed by atoms with E-state index in [0.717, 1.165) is 34.5 Å². The second-order valence-corrected chi connectivity index (χ2v) is 8.64. The number of aromatic nitrogens is 2. The monoisotopic (exact) mass is 468 g/mol. The number of benzene rings is 4. The van der Waals surface area contributed by atoms with Crippen LogP contribution in [0.15, 0.2) is 131 Å². The third kappa shape index (κ3) is 4.59. The molecule has 4 aromatic carbocycles. The zero-order valence-corrected chi connectivity index (χ0v) is 19.6. The lowest BCUT2D eigenvalue weighted by Crippen LogP contribution is -2.18. The smallest absolute Gasteiger partial charge is 0.248 e. The van der Waals surface area contributed by atoms with E-state index in [9.17, 15) is 0 Å². The van der Waals surface area contributed by atoms with E-state index in [1.165, 1.54) is 5.56 Å². The van der Waals surface area contributed by atoms with Gasteiger partial charge in [0, 0.05) is 17.5 Å². The predicted molar refractivity (Wildman–Crippen MR) is 144 cm³/mol. The van der Waals surface area contributed by atoms with Crippen LogP contribution in [0, 0.1) is 0 Å². The average Bonchev–Trinajstić information content (AvgIpc) is 3.62. The van der Waals surface area contributed by atoms with Gasteiger partial charge in [0.25, 0.3) is 0 Å². The van der Waals surface area contributed by atoms with Gasteiger partial charge >= 0.3 is 0 Å². The molecule has 36 heavy (non-hydrogen) atoms. The third-order valence-electron chi connectivity index (χ3n) is 6.21. The minimum atomic E-state index is 0.126. The molecule has 0 aliphatic carbocycles. The van der Waals surface area contributed by atoms with Crippen LogP contribution in [-0.4, -0.2) is 15.9 Å². The van der Waals surface area contributed by atoms with Gasteiger partial charge in [-0.3, -0.25) is 5.01 Å². The van der Waals surface area contributed by atoms with E-state index >= 15 is 0 Å². The van der Waals surface area contributed by atoms with Crippen molar-refractivity contribution in [2.24, 2.45) is 5.10 Å². The van der Waals surface area contributed by atoms with Crippen molar-refractivity contribution in [3.63, 3.8) is 0 Å². The number of anilines is 1. The summed E-state index contributed by atoms with van der Waals surface area (Å²) >= 11 is 0. The van der Waals surface area contributed by atoms with Crippen LogP contribution in [0.2, 0.25) is 0 Å². The van der Waals surface area contributed by atoms with Gasteiger partial charge < -0.3 is 4.42 Å². The molecule has 1 aliphatic heterocycles. The molecular weight excluding hydrogens is 444 g/mol. The molecule has 5 heteroatoms. The Morgan fingerprint density at radius 3 is 1.89 bits per heavy atom. The lowest BCUT2D eigenvalue weighted by Gasteiger charge is -2.24.